The van der Waals surface area contributed by atoms with Gasteiger partial charge in [-0.3, -0.25) is 14.4 Å². The normalized spacial score (nSPS) is 20.8. The van der Waals surface area contributed by atoms with Crippen LogP contribution < -0.4 is 14.2 Å². The number of anilines is 1. The fraction of sp³-hybridized carbons (Fsp3) is 0.500. The topological polar surface area (TPSA) is 118 Å². The highest BCUT2D eigenvalue weighted by atomic mass is 32.2. The summed E-state index contributed by atoms with van der Waals surface area (Å²) in [6, 6.07) is 15.5. The summed E-state index contributed by atoms with van der Waals surface area (Å²) in [5.41, 5.74) is 1.64. The van der Waals surface area contributed by atoms with Crippen LogP contribution in [0.15, 0.2) is 64.2 Å². The van der Waals surface area contributed by atoms with Gasteiger partial charge in [-0.05, 0) is 87.5 Å². The number of hydrogen-bond acceptors (Lipinski definition) is 9. The Bertz CT molecular complexity index is 1500. The quantitative estimate of drug-likeness (QED) is 0.291. The molecule has 1 amide bonds. The van der Waals surface area contributed by atoms with E-state index in [9.17, 15) is 18.3 Å². The molecule has 3 aromatic rings. The molecule has 10 nitrogen and oxygen atoms in total. The van der Waals surface area contributed by atoms with E-state index in [1.54, 1.807) is 42.5 Å². The monoisotopic (exact) mass is 673 g/mol. The van der Waals surface area contributed by atoms with E-state index in [1.165, 1.54) is 12.1 Å². The minimum Gasteiger partial charge on any atom is -0.497 e. The van der Waals surface area contributed by atoms with Crippen molar-refractivity contribution in [1.29, 1.82) is 0 Å². The van der Waals surface area contributed by atoms with Crippen molar-refractivity contribution in [2.45, 2.75) is 69.0 Å². The number of methoxy groups -OCH3 is 1. The van der Waals surface area contributed by atoms with Gasteiger partial charge in [0.15, 0.2) is 0 Å². The van der Waals surface area contributed by atoms with Crippen LogP contribution in [0.25, 0.3) is 0 Å². The Balaban J connectivity index is 1.61. The molecule has 2 aromatic carbocycles. The van der Waals surface area contributed by atoms with Gasteiger partial charge in [0, 0.05) is 37.8 Å². The lowest BCUT2D eigenvalue weighted by Gasteiger charge is -2.36. The molecule has 46 heavy (non-hydrogen) atoms. The Kier molecular flexibility index (Phi) is 12.9. The molecule has 0 spiro atoms. The van der Waals surface area contributed by atoms with Gasteiger partial charge in [-0.1, -0.05) is 25.1 Å². The summed E-state index contributed by atoms with van der Waals surface area (Å²) in [6.07, 6.45) is 2.16. The molecular weight excluding hydrogens is 627 g/mol. The average Bonchev–Trinajstić information content (AvgIpc) is 3.59. The molecule has 0 radical (unpaired) electrons. The Morgan fingerprint density at radius 3 is 2.59 bits per heavy atom. The molecule has 252 valence electrons. The van der Waals surface area contributed by atoms with E-state index >= 15 is 0 Å². The summed E-state index contributed by atoms with van der Waals surface area (Å²) in [5, 5.41) is 11.9. The van der Waals surface area contributed by atoms with Gasteiger partial charge in [-0.15, -0.1) is 11.3 Å². The smallest absolute Gasteiger partial charge is 0.271 e. The van der Waals surface area contributed by atoms with Crippen LogP contribution >= 0.6 is 11.3 Å². The number of rotatable bonds is 10. The van der Waals surface area contributed by atoms with Crippen molar-refractivity contribution >= 4 is 33.0 Å². The second-order valence-electron chi connectivity index (χ2n) is 12.1. The van der Waals surface area contributed by atoms with Gasteiger partial charge in [-0.2, -0.15) is 0 Å². The lowest BCUT2D eigenvalue weighted by molar-refractivity contribution is -0.0177. The maximum atomic E-state index is 14.3. The molecule has 4 rings (SSSR count). The highest BCUT2D eigenvalue weighted by Crippen LogP contribution is 2.30. The number of aliphatic hydroxyl groups is 1. The lowest BCUT2D eigenvalue weighted by atomic mass is 10.0. The van der Waals surface area contributed by atoms with Crippen LogP contribution in [-0.4, -0.2) is 87.9 Å². The zero-order valence-corrected chi connectivity index (χ0v) is 29.0. The molecule has 12 heteroatoms. The fourth-order valence-corrected chi connectivity index (χ4v) is 7.53. The van der Waals surface area contributed by atoms with Gasteiger partial charge < -0.3 is 24.2 Å². The number of ether oxygens (including phenoxy) is 3. The summed E-state index contributed by atoms with van der Waals surface area (Å²) in [7, 11) is -0.122. The largest absolute Gasteiger partial charge is 0.497 e. The van der Waals surface area contributed by atoms with E-state index in [1.807, 2.05) is 31.2 Å². The summed E-state index contributed by atoms with van der Waals surface area (Å²) in [4.78, 5) is 18.2. The third-order valence-corrected chi connectivity index (χ3v) is 10.9. The molecule has 0 fully saturated rings. The van der Waals surface area contributed by atoms with Crippen molar-refractivity contribution in [3.63, 3.8) is 0 Å². The minimum absolute atomic E-state index is 0.0805. The van der Waals surface area contributed by atoms with Gasteiger partial charge >= 0.3 is 0 Å². The Morgan fingerprint density at radius 1 is 1.15 bits per heavy atom. The second kappa shape index (κ2) is 16.6. The predicted octanol–water partition coefficient (Wildman–Crippen LogP) is 5.49. The van der Waals surface area contributed by atoms with Crippen LogP contribution in [0.3, 0.4) is 0 Å². The van der Waals surface area contributed by atoms with Gasteiger partial charge in [0.05, 0.1) is 37.5 Å². The molecule has 2 N–H and O–H groups in total. The van der Waals surface area contributed by atoms with Gasteiger partial charge in [0.1, 0.15) is 15.7 Å². The van der Waals surface area contributed by atoms with Crippen molar-refractivity contribution in [1.82, 2.24) is 9.80 Å². The van der Waals surface area contributed by atoms with Gasteiger partial charge in [0.2, 0.25) is 0 Å². The number of hydrogen-bond donors (Lipinski definition) is 2. The van der Waals surface area contributed by atoms with Gasteiger partial charge in [0.25, 0.3) is 15.9 Å². The van der Waals surface area contributed by atoms with Crippen LogP contribution in [0.1, 0.15) is 56.0 Å². The Labute approximate surface area is 277 Å². The van der Waals surface area contributed by atoms with Crippen LogP contribution in [0, 0.1) is 5.92 Å². The van der Waals surface area contributed by atoms with Crippen LogP contribution in [-0.2, 0) is 21.3 Å². The number of amides is 1. The standard InChI is InChI=1S/C34H47N3O7S2/c1-24-20-37(25(2)23-38)34(39)30-19-28(35-46(40,41)33-10-8-18-45-33)13-16-31(30)44-26(3)9-6-7-17-43-32(24)22-36(4)21-27-11-14-29(42-5)15-12-27/h8,10-16,18-19,24-26,32,35,38H,6-7,9,17,20-23H2,1-5H3/t24-,25-,26-,32+/m1/s1. The van der Waals surface area contributed by atoms with E-state index < -0.39 is 16.1 Å². The number of nitrogens with zero attached hydrogens (tertiary/aromatic N) is 2. The SMILES string of the molecule is COc1ccc(CN(C)C[C@@H]2OCCCC[C@@H](C)Oc3ccc(NS(=O)(=O)c4cccs4)cc3C(=O)N([C@H](C)CO)C[C@H]2C)cc1. The molecule has 0 unspecified atom stereocenters. The van der Waals surface area contributed by atoms with Crippen molar-refractivity contribution in [2.75, 3.05) is 45.2 Å². The van der Waals surface area contributed by atoms with Crippen molar-refractivity contribution in [3.05, 3.63) is 71.1 Å². The van der Waals surface area contributed by atoms with E-state index in [4.69, 9.17) is 14.2 Å². The zero-order valence-electron chi connectivity index (χ0n) is 27.3. The first-order chi connectivity index (χ1) is 22.0. The number of likely N-dealkylation sites (N-methyl/N-ethyl adjacent to an activating group) is 1. The van der Waals surface area contributed by atoms with Gasteiger partial charge in [-0.25, -0.2) is 8.42 Å². The Hall–Kier alpha value is -3.16. The summed E-state index contributed by atoms with van der Waals surface area (Å²) in [5.74, 6) is 0.757. The van der Waals surface area contributed by atoms with Crippen LogP contribution in [0.2, 0.25) is 0 Å². The first kappa shape index (κ1) is 35.7. The predicted molar refractivity (Wildman–Crippen MR) is 181 cm³/mol. The van der Waals surface area contributed by atoms with Crippen LogP contribution in [0.5, 0.6) is 11.5 Å². The maximum absolute atomic E-state index is 14.3. The number of carbonyl (C=O) groups excluding carboxylic acids is 1. The van der Waals surface area contributed by atoms with Crippen molar-refractivity contribution < 1.29 is 32.5 Å². The summed E-state index contributed by atoms with van der Waals surface area (Å²) < 4.78 is 46.8. The molecule has 1 aliphatic heterocycles. The molecule has 0 saturated carbocycles. The summed E-state index contributed by atoms with van der Waals surface area (Å²) in [6.45, 7) is 7.86. The molecule has 1 aromatic heterocycles. The van der Waals surface area contributed by atoms with E-state index in [-0.39, 0.29) is 46.1 Å². The minimum atomic E-state index is -3.83. The van der Waals surface area contributed by atoms with Crippen LogP contribution in [0.4, 0.5) is 5.69 Å². The van der Waals surface area contributed by atoms with E-state index in [0.717, 1.165) is 48.5 Å². The highest BCUT2D eigenvalue weighted by molar-refractivity contribution is 7.94. The third kappa shape index (κ3) is 9.68. The molecule has 2 heterocycles. The molecule has 4 atom stereocenters. The lowest BCUT2D eigenvalue weighted by Crippen LogP contribution is -2.47. The average molecular weight is 674 g/mol. The number of nitrogens with one attached hydrogen (secondary N) is 1. The van der Waals surface area contributed by atoms with Crippen molar-refractivity contribution in [2.24, 2.45) is 5.92 Å². The van der Waals surface area contributed by atoms with E-state index in [0.29, 0.717) is 25.4 Å². The third-order valence-electron chi connectivity index (χ3n) is 8.17. The first-order valence-electron chi connectivity index (χ1n) is 15.7. The van der Waals surface area contributed by atoms with E-state index in [2.05, 4.69) is 23.6 Å². The second-order valence-corrected chi connectivity index (χ2v) is 15.0. The summed E-state index contributed by atoms with van der Waals surface area (Å²) >= 11 is 1.11. The molecule has 0 saturated heterocycles. The first-order valence-corrected chi connectivity index (χ1v) is 18.1. The molecule has 0 bridgehead atoms. The fourth-order valence-electron chi connectivity index (χ4n) is 5.48. The number of benzene rings is 2. The Morgan fingerprint density at radius 2 is 1.91 bits per heavy atom. The van der Waals surface area contributed by atoms with Crippen molar-refractivity contribution in [3.8, 4) is 11.5 Å². The zero-order chi connectivity index (χ0) is 33.3. The number of sulfonamides is 1. The molecule has 1 aliphatic rings. The molecule has 0 aliphatic carbocycles. The number of thiophene rings is 1. The number of carbonyl (C=O) groups is 1. The highest BCUT2D eigenvalue weighted by Gasteiger charge is 2.31. The maximum Gasteiger partial charge on any atom is 0.271 e. The number of aliphatic hydroxyl groups excluding tert-OH is 1. The molecular formula is C34H47N3O7S2. The number of fused-ring (bicyclic) bond motifs is 1.